The Bertz CT molecular complexity index is 316. The van der Waals surface area contributed by atoms with Crippen LogP contribution in [0.5, 0.6) is 0 Å². The van der Waals surface area contributed by atoms with Crippen molar-refractivity contribution in [2.75, 3.05) is 20.1 Å². The van der Waals surface area contributed by atoms with Gasteiger partial charge in [0.25, 0.3) is 0 Å². The third-order valence-electron chi connectivity index (χ3n) is 2.74. The van der Waals surface area contributed by atoms with Crippen LogP contribution in [0.25, 0.3) is 0 Å². The minimum absolute atomic E-state index is 0.936. The van der Waals surface area contributed by atoms with Crippen LogP contribution >= 0.6 is 0 Å². The fourth-order valence-electron chi connectivity index (χ4n) is 1.96. The van der Waals surface area contributed by atoms with Crippen molar-refractivity contribution in [1.82, 2.24) is 10.2 Å². The predicted molar refractivity (Wildman–Crippen MR) is 75.0 cm³/mol. The van der Waals surface area contributed by atoms with Crippen LogP contribution in [0.1, 0.15) is 24.5 Å². The molecule has 0 aliphatic heterocycles. The predicted octanol–water partition coefficient (Wildman–Crippen LogP) is 2.80. The Morgan fingerprint density at radius 1 is 1.24 bits per heavy atom. The first-order valence-corrected chi connectivity index (χ1v) is 6.35. The number of rotatable bonds is 8. The molecule has 0 spiro atoms. The summed E-state index contributed by atoms with van der Waals surface area (Å²) in [4.78, 5) is 2.42. The van der Waals surface area contributed by atoms with E-state index in [1.165, 1.54) is 17.5 Å². The Morgan fingerprint density at radius 2 is 1.88 bits per heavy atom. The Balaban J connectivity index is 2.56. The molecule has 0 aliphatic carbocycles. The van der Waals surface area contributed by atoms with Crippen molar-refractivity contribution in [1.29, 1.82) is 0 Å². The summed E-state index contributed by atoms with van der Waals surface area (Å²) in [5, 5.41) is 3.16. The summed E-state index contributed by atoms with van der Waals surface area (Å²) in [6, 6.07) is 8.84. The van der Waals surface area contributed by atoms with Gasteiger partial charge >= 0.3 is 0 Å². The van der Waals surface area contributed by atoms with E-state index in [0.717, 1.165) is 26.2 Å². The molecule has 0 fully saturated rings. The number of hydrogen-bond donors (Lipinski definition) is 1. The Morgan fingerprint density at radius 3 is 2.41 bits per heavy atom. The first kappa shape index (κ1) is 13.9. The lowest BCUT2D eigenvalue weighted by molar-refractivity contribution is 0.295. The summed E-state index contributed by atoms with van der Waals surface area (Å²) in [6.07, 6.45) is 3.16. The molecule has 0 heterocycles. The Hall–Kier alpha value is -1.12. The van der Waals surface area contributed by atoms with Gasteiger partial charge in [-0.15, -0.1) is 6.58 Å². The van der Waals surface area contributed by atoms with Crippen molar-refractivity contribution in [3.05, 3.63) is 48.0 Å². The van der Waals surface area contributed by atoms with Crippen LogP contribution in [0, 0.1) is 0 Å². The largest absolute Gasteiger partial charge is 0.316 e. The molecule has 0 radical (unpaired) electrons. The van der Waals surface area contributed by atoms with Gasteiger partial charge in [0, 0.05) is 19.6 Å². The smallest absolute Gasteiger partial charge is 0.0237 e. The first-order valence-electron chi connectivity index (χ1n) is 6.35. The molecule has 0 bridgehead atoms. The van der Waals surface area contributed by atoms with Crippen LogP contribution in [0.2, 0.25) is 0 Å². The molecule has 1 rings (SSSR count). The summed E-state index contributed by atoms with van der Waals surface area (Å²) in [5.74, 6) is 0. The molecular weight excluding hydrogens is 208 g/mol. The van der Waals surface area contributed by atoms with E-state index in [1.54, 1.807) is 0 Å². The first-order chi connectivity index (χ1) is 8.30. The second kappa shape index (κ2) is 8.04. The van der Waals surface area contributed by atoms with Crippen molar-refractivity contribution in [3.63, 3.8) is 0 Å². The van der Waals surface area contributed by atoms with E-state index in [4.69, 9.17) is 0 Å². The zero-order valence-electron chi connectivity index (χ0n) is 11.1. The molecule has 17 heavy (non-hydrogen) atoms. The van der Waals surface area contributed by atoms with Gasteiger partial charge in [0.1, 0.15) is 0 Å². The maximum Gasteiger partial charge on any atom is 0.0237 e. The van der Waals surface area contributed by atoms with Gasteiger partial charge in [0.05, 0.1) is 0 Å². The highest BCUT2D eigenvalue weighted by molar-refractivity contribution is 5.22. The third-order valence-corrected chi connectivity index (χ3v) is 2.74. The molecule has 2 heteroatoms. The van der Waals surface area contributed by atoms with Gasteiger partial charge in [0.15, 0.2) is 0 Å². The van der Waals surface area contributed by atoms with Crippen LogP contribution in [0.4, 0.5) is 0 Å². The highest BCUT2D eigenvalue weighted by Crippen LogP contribution is 2.08. The van der Waals surface area contributed by atoms with Crippen molar-refractivity contribution in [2.45, 2.75) is 26.4 Å². The van der Waals surface area contributed by atoms with E-state index in [1.807, 2.05) is 13.1 Å². The molecule has 0 unspecified atom stereocenters. The quantitative estimate of drug-likeness (QED) is 0.693. The molecule has 1 aromatic rings. The van der Waals surface area contributed by atoms with Crippen LogP contribution in [0.15, 0.2) is 36.9 Å². The number of nitrogens with zero attached hydrogens (tertiary/aromatic N) is 1. The molecule has 1 N–H and O–H groups in total. The maximum atomic E-state index is 3.81. The van der Waals surface area contributed by atoms with Crippen LogP contribution in [-0.4, -0.2) is 25.0 Å². The van der Waals surface area contributed by atoms with Gasteiger partial charge in [-0.3, -0.25) is 4.90 Å². The van der Waals surface area contributed by atoms with Crippen LogP contribution in [-0.2, 0) is 13.1 Å². The summed E-state index contributed by atoms with van der Waals surface area (Å²) in [5.41, 5.74) is 2.71. The van der Waals surface area contributed by atoms with Crippen molar-refractivity contribution >= 4 is 0 Å². The SMILES string of the molecule is C=CCN(CCC)Cc1ccc(CNC)cc1. The average molecular weight is 232 g/mol. The topological polar surface area (TPSA) is 15.3 Å². The van der Waals surface area contributed by atoms with Gasteiger partial charge in [-0.2, -0.15) is 0 Å². The minimum atomic E-state index is 0.936. The van der Waals surface area contributed by atoms with E-state index in [-0.39, 0.29) is 0 Å². The average Bonchev–Trinajstić information content (AvgIpc) is 2.33. The van der Waals surface area contributed by atoms with Crippen molar-refractivity contribution in [3.8, 4) is 0 Å². The van der Waals surface area contributed by atoms with Crippen LogP contribution in [0.3, 0.4) is 0 Å². The lowest BCUT2D eigenvalue weighted by atomic mass is 10.1. The fourth-order valence-corrected chi connectivity index (χ4v) is 1.96. The molecule has 2 nitrogen and oxygen atoms in total. The van der Waals surface area contributed by atoms with E-state index < -0.39 is 0 Å². The molecule has 1 aromatic carbocycles. The van der Waals surface area contributed by atoms with E-state index in [9.17, 15) is 0 Å². The summed E-state index contributed by atoms with van der Waals surface area (Å²) >= 11 is 0. The second-order valence-corrected chi connectivity index (χ2v) is 4.37. The second-order valence-electron chi connectivity index (χ2n) is 4.37. The summed E-state index contributed by atoms with van der Waals surface area (Å²) in [6.45, 7) is 10.1. The van der Waals surface area contributed by atoms with E-state index in [2.05, 4.69) is 48.0 Å². The molecule has 0 amide bonds. The number of nitrogens with one attached hydrogen (secondary N) is 1. The fraction of sp³-hybridized carbons (Fsp3) is 0.467. The molecule has 94 valence electrons. The summed E-state index contributed by atoms with van der Waals surface area (Å²) < 4.78 is 0. The minimum Gasteiger partial charge on any atom is -0.316 e. The van der Waals surface area contributed by atoms with Gasteiger partial charge in [-0.1, -0.05) is 37.3 Å². The van der Waals surface area contributed by atoms with Gasteiger partial charge in [-0.25, -0.2) is 0 Å². The van der Waals surface area contributed by atoms with E-state index in [0.29, 0.717) is 0 Å². The molecule has 0 saturated carbocycles. The molecule has 0 atom stereocenters. The zero-order valence-corrected chi connectivity index (χ0v) is 11.1. The summed E-state index contributed by atoms with van der Waals surface area (Å²) in [7, 11) is 1.97. The van der Waals surface area contributed by atoms with Gasteiger partial charge < -0.3 is 5.32 Å². The van der Waals surface area contributed by atoms with Crippen molar-refractivity contribution < 1.29 is 0 Å². The highest BCUT2D eigenvalue weighted by Gasteiger charge is 2.02. The Labute approximate surface area is 105 Å². The lowest BCUT2D eigenvalue weighted by Crippen LogP contribution is -2.24. The number of benzene rings is 1. The standard InChI is InChI=1S/C15H24N2/c1-4-10-17(11-5-2)13-15-8-6-14(7-9-15)12-16-3/h4,6-9,16H,1,5,10-13H2,2-3H3. The van der Waals surface area contributed by atoms with Crippen LogP contribution < -0.4 is 5.32 Å². The van der Waals surface area contributed by atoms with Crippen molar-refractivity contribution in [2.24, 2.45) is 0 Å². The zero-order chi connectivity index (χ0) is 12.5. The third kappa shape index (κ3) is 5.16. The van der Waals surface area contributed by atoms with E-state index >= 15 is 0 Å². The monoisotopic (exact) mass is 232 g/mol. The van der Waals surface area contributed by atoms with Gasteiger partial charge in [-0.05, 0) is 31.1 Å². The highest BCUT2D eigenvalue weighted by atomic mass is 15.1. The normalized spacial score (nSPS) is 10.8. The number of hydrogen-bond acceptors (Lipinski definition) is 2. The lowest BCUT2D eigenvalue weighted by Gasteiger charge is -2.19. The van der Waals surface area contributed by atoms with Gasteiger partial charge in [0.2, 0.25) is 0 Å². The molecule has 0 aliphatic rings. The molecule has 0 aromatic heterocycles. The Kier molecular flexibility index (Phi) is 6.60. The molecular formula is C15H24N2. The maximum absolute atomic E-state index is 3.81. The molecule has 0 saturated heterocycles.